The van der Waals surface area contributed by atoms with Crippen molar-refractivity contribution >= 4 is 17.6 Å². The van der Waals surface area contributed by atoms with E-state index >= 15 is 0 Å². The van der Waals surface area contributed by atoms with Crippen molar-refractivity contribution in [3.8, 4) is 22.8 Å². The minimum atomic E-state index is -1.27. The number of rotatable bonds is 6. The van der Waals surface area contributed by atoms with Crippen LogP contribution in [0.3, 0.4) is 0 Å². The zero-order valence-electron chi connectivity index (χ0n) is 22.1. The molecule has 1 saturated heterocycles. The van der Waals surface area contributed by atoms with Crippen molar-refractivity contribution < 1.29 is 23.8 Å². The molecule has 0 unspecified atom stereocenters. The van der Waals surface area contributed by atoms with Crippen LogP contribution in [0.2, 0.25) is 5.02 Å². The molecule has 2 aromatic heterocycles. The molecule has 8 nitrogen and oxygen atoms in total. The number of carbonyl (C=O) groups is 1. The smallest absolute Gasteiger partial charge is 0.353 e. The second-order valence-electron chi connectivity index (χ2n) is 10.5. The lowest BCUT2D eigenvalue weighted by Crippen LogP contribution is -2.34. The third-order valence-electron chi connectivity index (χ3n) is 7.72. The molecule has 0 bridgehead atoms. The van der Waals surface area contributed by atoms with E-state index in [1.807, 2.05) is 25.1 Å². The van der Waals surface area contributed by atoms with Crippen molar-refractivity contribution in [3.05, 3.63) is 93.6 Å². The number of nitrogens with one attached hydrogen (secondary N) is 1. The van der Waals surface area contributed by atoms with Crippen LogP contribution in [0.25, 0.3) is 11.3 Å². The Morgan fingerprint density at radius 3 is 2.70 bits per heavy atom. The Morgan fingerprint density at radius 1 is 1.20 bits per heavy atom. The van der Waals surface area contributed by atoms with E-state index in [2.05, 4.69) is 26.1 Å². The van der Waals surface area contributed by atoms with E-state index in [0.29, 0.717) is 27.8 Å². The average molecular weight is 563 g/mol. The fourth-order valence-corrected chi connectivity index (χ4v) is 5.70. The van der Waals surface area contributed by atoms with Crippen molar-refractivity contribution in [2.75, 3.05) is 13.1 Å². The molecule has 6 rings (SSSR count). The molecule has 1 fully saturated rings. The van der Waals surface area contributed by atoms with Crippen LogP contribution in [0, 0.1) is 12.7 Å². The Bertz CT molecular complexity index is 1600. The molecule has 2 N–H and O–H groups in total. The minimum absolute atomic E-state index is 0.0439. The monoisotopic (exact) mass is 562 g/mol. The number of nitrogens with zero attached hydrogens (tertiary/aromatic N) is 3. The molecule has 0 spiro atoms. The molecule has 0 aliphatic carbocycles. The maximum Gasteiger partial charge on any atom is 0.353 e. The van der Waals surface area contributed by atoms with E-state index in [0.717, 1.165) is 54.9 Å². The van der Waals surface area contributed by atoms with Gasteiger partial charge in [0.25, 0.3) is 5.79 Å². The first-order valence-corrected chi connectivity index (χ1v) is 13.5. The predicted molar refractivity (Wildman–Crippen MR) is 147 cm³/mol. The Morgan fingerprint density at radius 2 is 2.00 bits per heavy atom. The Kier molecular flexibility index (Phi) is 6.72. The van der Waals surface area contributed by atoms with Crippen LogP contribution >= 0.6 is 11.6 Å². The lowest BCUT2D eigenvalue weighted by atomic mass is 9.88. The lowest BCUT2D eigenvalue weighted by Gasteiger charge is -2.32. The predicted octanol–water partition coefficient (Wildman–Crippen LogP) is 6.29. The van der Waals surface area contributed by atoms with Gasteiger partial charge in [-0.25, -0.2) is 9.18 Å². The van der Waals surface area contributed by atoms with Crippen LogP contribution < -0.4 is 9.47 Å². The molecule has 2 aliphatic heterocycles. The fourth-order valence-electron chi connectivity index (χ4n) is 5.54. The number of para-hydroxylation sites is 1. The number of hydrogen-bond donors (Lipinski definition) is 2. The number of aromatic carboxylic acids is 1. The highest BCUT2D eigenvalue weighted by molar-refractivity contribution is 6.30. The molecular weight excluding hydrogens is 535 g/mol. The summed E-state index contributed by atoms with van der Waals surface area (Å²) in [6.07, 6.45) is 3.62. The number of carboxylic acid groups (broad SMARTS) is 1. The maximum absolute atomic E-state index is 14.7. The van der Waals surface area contributed by atoms with Crippen molar-refractivity contribution in [1.82, 2.24) is 20.1 Å². The summed E-state index contributed by atoms with van der Waals surface area (Å²) in [5, 5.41) is 16.1. The van der Waals surface area contributed by atoms with Crippen molar-refractivity contribution in [1.29, 1.82) is 0 Å². The molecule has 2 aromatic carbocycles. The van der Waals surface area contributed by atoms with Crippen LogP contribution in [0.15, 0.2) is 54.7 Å². The quantitative estimate of drug-likeness (QED) is 0.284. The van der Waals surface area contributed by atoms with Gasteiger partial charge in [-0.2, -0.15) is 5.10 Å². The number of halogens is 2. The second-order valence-corrected chi connectivity index (χ2v) is 10.9. The number of pyridine rings is 1. The van der Waals surface area contributed by atoms with E-state index in [1.165, 1.54) is 12.1 Å². The number of ether oxygens (including phenoxy) is 2. The van der Waals surface area contributed by atoms with Gasteiger partial charge < -0.3 is 14.6 Å². The second kappa shape index (κ2) is 10.2. The largest absolute Gasteiger partial charge is 0.477 e. The molecule has 0 radical (unpaired) electrons. The summed E-state index contributed by atoms with van der Waals surface area (Å²) < 4.78 is 27.2. The number of carboxylic acids is 1. The topological polar surface area (TPSA) is 101 Å². The summed E-state index contributed by atoms with van der Waals surface area (Å²) in [6.45, 7) is 6.24. The summed E-state index contributed by atoms with van der Waals surface area (Å²) in [5.74, 6) is -1.21. The minimum Gasteiger partial charge on any atom is -0.477 e. The number of aryl methyl sites for hydroxylation is 1. The highest BCUT2D eigenvalue weighted by atomic mass is 35.5. The van der Waals surface area contributed by atoms with Crippen molar-refractivity contribution in [2.24, 2.45) is 0 Å². The highest BCUT2D eigenvalue weighted by Gasteiger charge is 2.43. The normalized spacial score (nSPS) is 19.2. The van der Waals surface area contributed by atoms with E-state index in [9.17, 15) is 9.18 Å². The standard InChI is InChI=1S/C30H28ClFN4O4/c1-17-12-19(24-14-25(29(37)38)35-34-24)15-33-26(17)16-36-10-8-18(9-11-36)21-4-3-5-27-28(21)40-30(2,39-27)22-7-6-20(31)13-23(22)32/h3-7,12-15,18H,8-11,16H2,1-2H3,(H,34,35)(H,37,38)/t30-/m1/s1. The SMILES string of the molecule is Cc1cc(-c2cc(C(=O)O)[nH]n2)cnc1CN1CCC(c2cccc3c2O[C@](C)(c2ccc(Cl)cc2F)O3)CC1. The summed E-state index contributed by atoms with van der Waals surface area (Å²) in [5.41, 5.74) is 4.76. The van der Waals surface area contributed by atoms with Crippen LogP contribution in [0.4, 0.5) is 4.39 Å². The van der Waals surface area contributed by atoms with Crippen molar-refractivity contribution in [3.63, 3.8) is 0 Å². The number of aromatic nitrogens is 3. The summed E-state index contributed by atoms with van der Waals surface area (Å²) >= 11 is 5.95. The molecule has 40 heavy (non-hydrogen) atoms. The molecule has 206 valence electrons. The Labute approximate surface area is 235 Å². The molecule has 10 heteroatoms. The number of likely N-dealkylation sites (tertiary alicyclic amines) is 1. The Hall–Kier alpha value is -3.95. The van der Waals surface area contributed by atoms with Gasteiger partial charge in [0.15, 0.2) is 11.5 Å². The van der Waals surface area contributed by atoms with Gasteiger partial charge in [-0.15, -0.1) is 0 Å². The molecule has 1 atom stereocenters. The van der Waals surface area contributed by atoms with Gasteiger partial charge in [0.1, 0.15) is 11.5 Å². The van der Waals surface area contributed by atoms with Crippen LogP contribution in [0.1, 0.15) is 58.6 Å². The van der Waals surface area contributed by atoms with E-state index in [1.54, 1.807) is 25.3 Å². The highest BCUT2D eigenvalue weighted by Crippen LogP contribution is 2.49. The first-order chi connectivity index (χ1) is 19.2. The van der Waals surface area contributed by atoms with Crippen LogP contribution in [-0.4, -0.2) is 44.2 Å². The van der Waals surface area contributed by atoms with E-state index in [4.69, 9.17) is 26.2 Å². The first kappa shape index (κ1) is 26.3. The van der Waals surface area contributed by atoms with Gasteiger partial charge in [-0.3, -0.25) is 15.0 Å². The maximum atomic E-state index is 14.7. The van der Waals surface area contributed by atoms with Crippen LogP contribution in [0.5, 0.6) is 11.5 Å². The molecule has 2 aliphatic rings. The van der Waals surface area contributed by atoms with Gasteiger partial charge in [-0.1, -0.05) is 23.7 Å². The molecule has 0 amide bonds. The van der Waals surface area contributed by atoms with Gasteiger partial charge in [-0.05, 0) is 80.7 Å². The molecule has 4 heterocycles. The molecule has 4 aromatic rings. The summed E-state index contributed by atoms with van der Waals surface area (Å²) in [6, 6.07) is 13.9. The van der Waals surface area contributed by atoms with Crippen LogP contribution in [-0.2, 0) is 12.3 Å². The third kappa shape index (κ3) is 4.91. The zero-order chi connectivity index (χ0) is 28.0. The van der Waals surface area contributed by atoms with E-state index in [-0.39, 0.29) is 11.6 Å². The summed E-state index contributed by atoms with van der Waals surface area (Å²) in [4.78, 5) is 18.2. The zero-order valence-corrected chi connectivity index (χ0v) is 22.8. The molecule has 0 saturated carbocycles. The Balaban J connectivity index is 1.12. The lowest BCUT2D eigenvalue weighted by molar-refractivity contribution is -0.0712. The van der Waals surface area contributed by atoms with E-state index < -0.39 is 17.6 Å². The fraction of sp³-hybridized carbons (Fsp3) is 0.300. The van der Waals surface area contributed by atoms with Gasteiger partial charge in [0, 0.05) is 35.8 Å². The number of benzene rings is 2. The first-order valence-electron chi connectivity index (χ1n) is 13.1. The number of piperidine rings is 1. The molecular formula is C30H28ClFN4O4. The summed E-state index contributed by atoms with van der Waals surface area (Å²) in [7, 11) is 0. The average Bonchev–Trinajstić information content (AvgIpc) is 3.55. The number of fused-ring (bicyclic) bond motifs is 1. The number of H-pyrrole nitrogens is 1. The van der Waals surface area contributed by atoms with Crippen molar-refractivity contribution in [2.45, 2.75) is 44.9 Å². The number of hydrogen-bond acceptors (Lipinski definition) is 6. The van der Waals surface area contributed by atoms with Gasteiger partial charge in [0.2, 0.25) is 0 Å². The third-order valence-corrected chi connectivity index (χ3v) is 7.96. The van der Waals surface area contributed by atoms with Gasteiger partial charge >= 0.3 is 5.97 Å². The number of aromatic amines is 1. The van der Waals surface area contributed by atoms with Gasteiger partial charge in [0.05, 0.1) is 17.0 Å².